The molecule has 0 radical (unpaired) electrons. The molecule has 7 N–H and O–H groups in total. The smallest absolute Gasteiger partial charge is 0.223 e. The van der Waals surface area contributed by atoms with Gasteiger partial charge in [-0.15, -0.1) is 0 Å². The Bertz CT molecular complexity index is 638. The number of aliphatic hydroxyl groups is 3. The molecule has 9 heteroatoms. The summed E-state index contributed by atoms with van der Waals surface area (Å²) in [6, 6.07) is 1.60. The van der Waals surface area contributed by atoms with E-state index in [1.165, 1.54) is 24.8 Å². The highest BCUT2D eigenvalue weighted by atomic mass is 16.5. The lowest BCUT2D eigenvalue weighted by Crippen LogP contribution is -2.50. The van der Waals surface area contributed by atoms with E-state index in [0.717, 1.165) is 0 Å². The number of rotatable bonds is 5. The zero-order chi connectivity index (χ0) is 15.8. The van der Waals surface area contributed by atoms with Crippen molar-refractivity contribution in [1.29, 1.82) is 0 Å². The maximum Gasteiger partial charge on any atom is 0.223 e. The van der Waals surface area contributed by atoms with Gasteiger partial charge in [0, 0.05) is 13.3 Å². The van der Waals surface area contributed by atoms with Crippen molar-refractivity contribution in [2.45, 2.75) is 24.9 Å². The first kappa shape index (κ1) is 15.4. The van der Waals surface area contributed by atoms with Crippen LogP contribution in [-0.4, -0.2) is 55.8 Å². The molecule has 0 aliphatic heterocycles. The summed E-state index contributed by atoms with van der Waals surface area (Å²) < 4.78 is 6.26. The van der Waals surface area contributed by atoms with Crippen LogP contribution in [0.2, 0.25) is 0 Å². The number of anilines is 2. The van der Waals surface area contributed by atoms with Gasteiger partial charge in [0.25, 0.3) is 0 Å². The second kappa shape index (κ2) is 5.45. The van der Waals surface area contributed by atoms with Gasteiger partial charge in [-0.1, -0.05) is 0 Å². The fourth-order valence-corrected chi connectivity index (χ4v) is 2.22. The first-order valence-corrected chi connectivity index (χ1v) is 6.27. The van der Waals surface area contributed by atoms with Crippen molar-refractivity contribution in [3.8, 4) is 0 Å². The van der Waals surface area contributed by atoms with Gasteiger partial charge >= 0.3 is 0 Å². The minimum atomic E-state index is -1.79. The van der Waals surface area contributed by atoms with E-state index in [2.05, 4.69) is 9.97 Å². The van der Waals surface area contributed by atoms with Gasteiger partial charge in [-0.05, 0) is 13.0 Å². The average Bonchev–Trinajstić information content (AvgIpc) is 2.84. The van der Waals surface area contributed by atoms with E-state index < -0.39 is 24.5 Å². The van der Waals surface area contributed by atoms with Crippen LogP contribution in [0.4, 0.5) is 11.8 Å². The Morgan fingerprint density at radius 2 is 2.10 bits per heavy atom. The Balaban J connectivity index is 2.54. The molecule has 2 aromatic rings. The van der Waals surface area contributed by atoms with Crippen molar-refractivity contribution in [2.24, 2.45) is 0 Å². The molecule has 0 aromatic carbocycles. The molecule has 0 aliphatic carbocycles. The molecule has 0 fully saturated rings. The van der Waals surface area contributed by atoms with E-state index in [1.807, 2.05) is 0 Å². The van der Waals surface area contributed by atoms with Gasteiger partial charge in [-0.2, -0.15) is 9.97 Å². The number of ether oxygens (including phenoxy) is 1. The molecule has 0 spiro atoms. The van der Waals surface area contributed by atoms with Gasteiger partial charge in [0.1, 0.15) is 23.7 Å². The van der Waals surface area contributed by atoms with Crippen LogP contribution in [0, 0.1) is 0 Å². The Labute approximate surface area is 120 Å². The number of nitrogens with zero attached hydrogens (tertiary/aromatic N) is 3. The second-order valence-electron chi connectivity index (χ2n) is 4.89. The van der Waals surface area contributed by atoms with Crippen molar-refractivity contribution < 1.29 is 20.1 Å². The van der Waals surface area contributed by atoms with E-state index in [9.17, 15) is 15.3 Å². The predicted octanol–water partition coefficient (Wildman–Crippen LogP) is -1.37. The van der Waals surface area contributed by atoms with Crippen LogP contribution in [0.15, 0.2) is 12.3 Å². The number of methoxy groups -OCH3 is 1. The molecule has 21 heavy (non-hydrogen) atoms. The van der Waals surface area contributed by atoms with Crippen LogP contribution in [0.5, 0.6) is 0 Å². The molecule has 3 atom stereocenters. The summed E-state index contributed by atoms with van der Waals surface area (Å²) in [5, 5.41) is 30.6. The number of aliphatic hydroxyl groups excluding tert-OH is 2. The molecule has 0 unspecified atom stereocenters. The highest BCUT2D eigenvalue weighted by Crippen LogP contribution is 2.28. The Morgan fingerprint density at radius 3 is 2.67 bits per heavy atom. The maximum absolute atomic E-state index is 10.6. The summed E-state index contributed by atoms with van der Waals surface area (Å²) in [5.74, 6) is 0.127. The van der Waals surface area contributed by atoms with Crippen LogP contribution in [0.1, 0.15) is 6.92 Å². The average molecular weight is 297 g/mol. The SMILES string of the molecule is CO[C@H](CO)[C@@H](O)[C@@](C)(O)n1ccc2c(N)nc(N)nc21. The highest BCUT2D eigenvalue weighted by molar-refractivity contribution is 5.87. The number of nitrogen functional groups attached to an aromatic ring is 2. The molecular formula is C12H19N5O4. The minimum absolute atomic E-state index is 0.0457. The normalized spacial score (nSPS) is 17.6. The predicted molar refractivity (Wildman–Crippen MR) is 76.1 cm³/mol. The summed E-state index contributed by atoms with van der Waals surface area (Å²) >= 11 is 0. The van der Waals surface area contributed by atoms with Gasteiger partial charge in [0.15, 0.2) is 5.72 Å². The first-order valence-electron chi connectivity index (χ1n) is 6.27. The van der Waals surface area contributed by atoms with Gasteiger partial charge in [0.2, 0.25) is 5.95 Å². The van der Waals surface area contributed by atoms with Crippen molar-refractivity contribution in [3.05, 3.63) is 12.3 Å². The lowest BCUT2D eigenvalue weighted by Gasteiger charge is -2.34. The van der Waals surface area contributed by atoms with Gasteiger partial charge < -0.3 is 36.1 Å². The molecular weight excluding hydrogens is 278 g/mol. The number of aromatic nitrogens is 3. The Kier molecular flexibility index (Phi) is 4.01. The monoisotopic (exact) mass is 297 g/mol. The molecule has 0 saturated heterocycles. The number of hydrogen-bond donors (Lipinski definition) is 5. The largest absolute Gasteiger partial charge is 0.394 e. The highest BCUT2D eigenvalue weighted by Gasteiger charge is 2.39. The maximum atomic E-state index is 10.6. The fraction of sp³-hybridized carbons (Fsp3) is 0.500. The summed E-state index contributed by atoms with van der Waals surface area (Å²) in [5.41, 5.74) is 9.79. The first-order chi connectivity index (χ1) is 9.82. The third-order valence-electron chi connectivity index (χ3n) is 3.47. The van der Waals surface area contributed by atoms with Crippen molar-refractivity contribution in [1.82, 2.24) is 14.5 Å². The molecule has 0 aliphatic rings. The molecule has 2 heterocycles. The number of nitrogens with two attached hydrogens (primary N) is 2. The molecule has 9 nitrogen and oxygen atoms in total. The Morgan fingerprint density at radius 1 is 1.43 bits per heavy atom. The summed E-state index contributed by atoms with van der Waals surface area (Å²) in [6.45, 7) is 0.916. The van der Waals surface area contributed by atoms with Gasteiger partial charge in [-0.25, -0.2) is 0 Å². The molecule has 116 valence electrons. The van der Waals surface area contributed by atoms with E-state index in [4.69, 9.17) is 16.2 Å². The topological polar surface area (TPSA) is 153 Å². The minimum Gasteiger partial charge on any atom is -0.394 e. The lowest BCUT2D eigenvalue weighted by molar-refractivity contribution is -0.174. The molecule has 0 amide bonds. The molecule has 2 aromatic heterocycles. The van der Waals surface area contributed by atoms with E-state index in [-0.39, 0.29) is 17.4 Å². The standard InChI is InChI=1S/C12H19N5O4/c1-12(20,8(19)7(5-18)21-2)17-4-3-6-9(13)15-11(14)16-10(6)17/h3-4,7-8,18-20H,5H2,1-2H3,(H4,13,14,15,16)/t7-,8-,12-/m1/s1. The van der Waals surface area contributed by atoms with Crippen molar-refractivity contribution >= 4 is 22.8 Å². The van der Waals surface area contributed by atoms with Crippen LogP contribution >= 0.6 is 0 Å². The van der Waals surface area contributed by atoms with Crippen LogP contribution in [0.3, 0.4) is 0 Å². The van der Waals surface area contributed by atoms with E-state index in [0.29, 0.717) is 5.39 Å². The quantitative estimate of drug-likeness (QED) is 0.453. The van der Waals surface area contributed by atoms with Crippen molar-refractivity contribution in [3.63, 3.8) is 0 Å². The summed E-state index contributed by atoms with van der Waals surface area (Å²) in [4.78, 5) is 7.86. The summed E-state index contributed by atoms with van der Waals surface area (Å²) in [6.07, 6.45) is -0.864. The Hall–Kier alpha value is -1.94. The zero-order valence-corrected chi connectivity index (χ0v) is 11.8. The third kappa shape index (κ3) is 2.51. The fourth-order valence-electron chi connectivity index (χ4n) is 2.22. The number of hydrogen-bond acceptors (Lipinski definition) is 8. The lowest BCUT2D eigenvalue weighted by atomic mass is 10.0. The van der Waals surface area contributed by atoms with Crippen LogP contribution in [0.25, 0.3) is 11.0 Å². The van der Waals surface area contributed by atoms with Crippen LogP contribution < -0.4 is 11.5 Å². The van der Waals surface area contributed by atoms with E-state index >= 15 is 0 Å². The molecule has 0 saturated carbocycles. The second-order valence-corrected chi connectivity index (χ2v) is 4.89. The number of fused-ring (bicyclic) bond motifs is 1. The molecule has 2 rings (SSSR count). The van der Waals surface area contributed by atoms with Gasteiger partial charge in [-0.3, -0.25) is 0 Å². The summed E-state index contributed by atoms with van der Waals surface area (Å²) in [7, 11) is 1.33. The molecule has 0 bridgehead atoms. The van der Waals surface area contributed by atoms with Gasteiger partial charge in [0.05, 0.1) is 12.0 Å². The zero-order valence-electron chi connectivity index (χ0n) is 11.8. The third-order valence-corrected chi connectivity index (χ3v) is 3.47. The van der Waals surface area contributed by atoms with Crippen LogP contribution in [-0.2, 0) is 10.5 Å². The van der Waals surface area contributed by atoms with E-state index in [1.54, 1.807) is 6.07 Å². The van der Waals surface area contributed by atoms with Crippen molar-refractivity contribution in [2.75, 3.05) is 25.2 Å².